The minimum atomic E-state index is 0.0846. The van der Waals surface area contributed by atoms with E-state index in [1.54, 1.807) is 0 Å². The summed E-state index contributed by atoms with van der Waals surface area (Å²) in [5.74, 6) is 0.839. The standard InChI is InChI=1S/C18H33NO2/c1-3-4-11-17(16-9-5-6-10-16)18(20)21-14-15(2)19-12-7-8-13-19/h15-17H,3-14H2,1-2H3. The van der Waals surface area contributed by atoms with Crippen LogP contribution in [0.3, 0.4) is 0 Å². The molecule has 0 bridgehead atoms. The fraction of sp³-hybridized carbons (Fsp3) is 0.944. The molecule has 0 amide bonds. The van der Waals surface area contributed by atoms with Gasteiger partial charge in [0.2, 0.25) is 0 Å². The first kappa shape index (κ1) is 16.8. The number of unbranched alkanes of at least 4 members (excludes halogenated alkanes) is 1. The highest BCUT2D eigenvalue weighted by atomic mass is 16.5. The molecule has 1 aliphatic heterocycles. The lowest BCUT2D eigenvalue weighted by Crippen LogP contribution is -2.36. The molecule has 3 heteroatoms. The van der Waals surface area contributed by atoms with Gasteiger partial charge in [0.15, 0.2) is 0 Å². The molecule has 2 unspecified atom stereocenters. The molecule has 21 heavy (non-hydrogen) atoms. The molecule has 0 aromatic rings. The van der Waals surface area contributed by atoms with Crippen molar-refractivity contribution >= 4 is 5.97 Å². The van der Waals surface area contributed by atoms with Crippen molar-refractivity contribution in [3.63, 3.8) is 0 Å². The van der Waals surface area contributed by atoms with Crippen molar-refractivity contribution in [3.8, 4) is 0 Å². The lowest BCUT2D eigenvalue weighted by molar-refractivity contribution is -0.152. The van der Waals surface area contributed by atoms with Gasteiger partial charge in [-0.3, -0.25) is 9.69 Å². The molecule has 2 fully saturated rings. The first-order chi connectivity index (χ1) is 10.2. The van der Waals surface area contributed by atoms with E-state index in [4.69, 9.17) is 4.74 Å². The van der Waals surface area contributed by atoms with Crippen molar-refractivity contribution in [1.29, 1.82) is 0 Å². The van der Waals surface area contributed by atoms with Crippen LogP contribution in [-0.4, -0.2) is 36.6 Å². The Balaban J connectivity index is 1.79. The van der Waals surface area contributed by atoms with Crippen LogP contribution in [0.15, 0.2) is 0 Å². The first-order valence-electron chi connectivity index (χ1n) is 9.13. The van der Waals surface area contributed by atoms with E-state index in [1.165, 1.54) is 58.0 Å². The van der Waals surface area contributed by atoms with Crippen LogP contribution in [0.2, 0.25) is 0 Å². The Hall–Kier alpha value is -0.570. The number of rotatable bonds is 8. The van der Waals surface area contributed by atoms with Gasteiger partial charge in [0.1, 0.15) is 6.61 Å². The van der Waals surface area contributed by atoms with Crippen molar-refractivity contribution in [1.82, 2.24) is 4.90 Å². The van der Waals surface area contributed by atoms with Gasteiger partial charge in [-0.25, -0.2) is 0 Å². The van der Waals surface area contributed by atoms with Gasteiger partial charge in [0.05, 0.1) is 5.92 Å². The normalized spacial score (nSPS) is 23.3. The zero-order valence-electron chi connectivity index (χ0n) is 14.0. The van der Waals surface area contributed by atoms with Crippen molar-refractivity contribution in [2.45, 2.75) is 77.7 Å². The summed E-state index contributed by atoms with van der Waals surface area (Å²) in [4.78, 5) is 15.0. The maximum Gasteiger partial charge on any atom is 0.309 e. The summed E-state index contributed by atoms with van der Waals surface area (Å²) in [6.45, 7) is 7.30. The zero-order valence-corrected chi connectivity index (χ0v) is 14.0. The highest BCUT2D eigenvalue weighted by Gasteiger charge is 2.31. The number of hydrogen-bond acceptors (Lipinski definition) is 3. The number of likely N-dealkylation sites (tertiary alicyclic amines) is 1. The molecule has 1 aliphatic carbocycles. The highest BCUT2D eigenvalue weighted by Crippen LogP contribution is 2.34. The van der Waals surface area contributed by atoms with Crippen LogP contribution in [0.1, 0.15) is 71.6 Å². The van der Waals surface area contributed by atoms with Crippen LogP contribution < -0.4 is 0 Å². The van der Waals surface area contributed by atoms with E-state index in [2.05, 4.69) is 18.7 Å². The Morgan fingerprint density at radius 1 is 1.19 bits per heavy atom. The van der Waals surface area contributed by atoms with Crippen LogP contribution >= 0.6 is 0 Å². The Kier molecular flexibility index (Phi) is 7.01. The van der Waals surface area contributed by atoms with E-state index in [1.807, 2.05) is 0 Å². The van der Waals surface area contributed by atoms with Gasteiger partial charge in [-0.15, -0.1) is 0 Å². The van der Waals surface area contributed by atoms with Gasteiger partial charge >= 0.3 is 5.97 Å². The molecule has 1 saturated carbocycles. The first-order valence-corrected chi connectivity index (χ1v) is 9.13. The number of ether oxygens (including phenoxy) is 1. The van der Waals surface area contributed by atoms with Gasteiger partial charge in [0.25, 0.3) is 0 Å². The summed E-state index contributed by atoms with van der Waals surface area (Å²) < 4.78 is 5.71. The molecule has 0 N–H and O–H groups in total. The van der Waals surface area contributed by atoms with Crippen molar-refractivity contribution in [2.75, 3.05) is 19.7 Å². The maximum absolute atomic E-state index is 12.5. The lowest BCUT2D eigenvalue weighted by Gasteiger charge is -2.26. The minimum Gasteiger partial charge on any atom is -0.464 e. The molecule has 2 rings (SSSR count). The summed E-state index contributed by atoms with van der Waals surface area (Å²) in [5, 5.41) is 0. The minimum absolute atomic E-state index is 0.0846. The SMILES string of the molecule is CCCCC(C(=O)OCC(C)N1CCCC1)C1CCCC1. The number of esters is 1. The summed E-state index contributed by atoms with van der Waals surface area (Å²) in [7, 11) is 0. The van der Waals surface area contributed by atoms with Crippen molar-refractivity contribution in [3.05, 3.63) is 0 Å². The predicted molar refractivity (Wildman–Crippen MR) is 86.2 cm³/mol. The molecule has 0 aromatic heterocycles. The quantitative estimate of drug-likeness (QED) is 0.634. The fourth-order valence-corrected chi connectivity index (χ4v) is 3.93. The Morgan fingerprint density at radius 2 is 1.86 bits per heavy atom. The average Bonchev–Trinajstić information content (AvgIpc) is 3.18. The Bertz CT molecular complexity index is 306. The van der Waals surface area contributed by atoms with Crippen LogP contribution in [-0.2, 0) is 9.53 Å². The van der Waals surface area contributed by atoms with Crippen LogP contribution in [0.4, 0.5) is 0 Å². The van der Waals surface area contributed by atoms with E-state index < -0.39 is 0 Å². The Morgan fingerprint density at radius 3 is 2.48 bits per heavy atom. The predicted octanol–water partition coefficient (Wildman–Crippen LogP) is 4.01. The van der Waals surface area contributed by atoms with Gasteiger partial charge in [-0.1, -0.05) is 32.6 Å². The summed E-state index contributed by atoms with van der Waals surface area (Å²) in [6, 6.07) is 0.381. The molecule has 1 heterocycles. The third-order valence-corrected chi connectivity index (χ3v) is 5.37. The molecule has 0 radical (unpaired) electrons. The topological polar surface area (TPSA) is 29.5 Å². The Labute approximate surface area is 130 Å². The third-order valence-electron chi connectivity index (χ3n) is 5.37. The van der Waals surface area contributed by atoms with Crippen LogP contribution in [0.5, 0.6) is 0 Å². The maximum atomic E-state index is 12.5. The van der Waals surface area contributed by atoms with Crippen LogP contribution in [0.25, 0.3) is 0 Å². The van der Waals surface area contributed by atoms with E-state index in [0.29, 0.717) is 18.6 Å². The molecule has 0 spiro atoms. The second-order valence-electron chi connectivity index (χ2n) is 7.02. The molecular weight excluding hydrogens is 262 g/mol. The van der Waals surface area contributed by atoms with Crippen molar-refractivity contribution < 1.29 is 9.53 Å². The smallest absolute Gasteiger partial charge is 0.309 e. The number of nitrogens with zero attached hydrogens (tertiary/aromatic N) is 1. The largest absolute Gasteiger partial charge is 0.464 e. The van der Waals surface area contributed by atoms with Crippen LogP contribution in [0, 0.1) is 11.8 Å². The summed E-state index contributed by atoms with van der Waals surface area (Å²) in [5.41, 5.74) is 0. The zero-order chi connectivity index (χ0) is 15.1. The third kappa shape index (κ3) is 4.98. The van der Waals surface area contributed by atoms with Gasteiger partial charge in [-0.2, -0.15) is 0 Å². The summed E-state index contributed by atoms with van der Waals surface area (Å²) >= 11 is 0. The molecule has 3 nitrogen and oxygen atoms in total. The molecule has 2 atom stereocenters. The second kappa shape index (κ2) is 8.77. The average molecular weight is 295 g/mol. The van der Waals surface area contributed by atoms with Gasteiger partial charge in [0, 0.05) is 6.04 Å². The van der Waals surface area contributed by atoms with Gasteiger partial charge in [-0.05, 0) is 58.0 Å². The van der Waals surface area contributed by atoms with Crippen molar-refractivity contribution in [2.24, 2.45) is 11.8 Å². The van der Waals surface area contributed by atoms with E-state index in [0.717, 1.165) is 12.8 Å². The number of carbonyl (C=O) groups excluding carboxylic acids is 1. The fourth-order valence-electron chi connectivity index (χ4n) is 3.93. The number of carbonyl (C=O) groups is 1. The van der Waals surface area contributed by atoms with E-state index in [-0.39, 0.29) is 11.9 Å². The lowest BCUT2D eigenvalue weighted by atomic mass is 9.87. The van der Waals surface area contributed by atoms with E-state index >= 15 is 0 Å². The summed E-state index contributed by atoms with van der Waals surface area (Å²) in [6.07, 6.45) is 11.0. The molecule has 122 valence electrons. The molecule has 1 saturated heterocycles. The number of hydrogen-bond donors (Lipinski definition) is 0. The highest BCUT2D eigenvalue weighted by molar-refractivity contribution is 5.72. The second-order valence-corrected chi connectivity index (χ2v) is 7.02. The molecule has 0 aromatic carbocycles. The van der Waals surface area contributed by atoms with E-state index in [9.17, 15) is 4.79 Å². The van der Waals surface area contributed by atoms with Gasteiger partial charge < -0.3 is 4.74 Å². The molecule has 2 aliphatic rings. The monoisotopic (exact) mass is 295 g/mol. The molecular formula is C18H33NO2.